The summed E-state index contributed by atoms with van der Waals surface area (Å²) in [5, 5.41) is 0. The SMILES string of the molecule is C=CC=C1O[C@H]2CC(=O)N2[C@@H]1C. The fourth-order valence-corrected chi connectivity index (χ4v) is 1.65. The van der Waals surface area contributed by atoms with Gasteiger partial charge in [-0.1, -0.05) is 12.7 Å². The van der Waals surface area contributed by atoms with E-state index in [2.05, 4.69) is 6.58 Å². The van der Waals surface area contributed by atoms with E-state index in [4.69, 9.17) is 4.74 Å². The van der Waals surface area contributed by atoms with Gasteiger partial charge in [0, 0.05) is 0 Å². The van der Waals surface area contributed by atoms with Gasteiger partial charge in [0.25, 0.3) is 0 Å². The van der Waals surface area contributed by atoms with E-state index in [0.29, 0.717) is 6.42 Å². The van der Waals surface area contributed by atoms with E-state index in [1.807, 2.05) is 13.0 Å². The van der Waals surface area contributed by atoms with E-state index in [0.717, 1.165) is 5.76 Å². The van der Waals surface area contributed by atoms with Crippen LogP contribution in [-0.2, 0) is 9.53 Å². The minimum Gasteiger partial charge on any atom is -0.472 e. The van der Waals surface area contributed by atoms with Crippen LogP contribution in [0.5, 0.6) is 0 Å². The van der Waals surface area contributed by atoms with Gasteiger partial charge in [-0.25, -0.2) is 0 Å². The summed E-state index contributed by atoms with van der Waals surface area (Å²) < 4.78 is 5.48. The molecule has 0 aliphatic carbocycles. The third-order valence-corrected chi connectivity index (χ3v) is 2.33. The van der Waals surface area contributed by atoms with Gasteiger partial charge in [-0.2, -0.15) is 0 Å². The van der Waals surface area contributed by atoms with Crippen LogP contribution in [0.1, 0.15) is 13.3 Å². The van der Waals surface area contributed by atoms with Gasteiger partial charge in [-0.3, -0.25) is 9.69 Å². The highest BCUT2D eigenvalue weighted by atomic mass is 16.5. The number of carbonyl (C=O) groups is 1. The fraction of sp³-hybridized carbons (Fsp3) is 0.444. The Hall–Kier alpha value is -1.25. The van der Waals surface area contributed by atoms with Crippen molar-refractivity contribution in [3.05, 3.63) is 24.5 Å². The van der Waals surface area contributed by atoms with Gasteiger partial charge in [-0.05, 0) is 13.0 Å². The number of ether oxygens (including phenoxy) is 1. The zero-order chi connectivity index (χ0) is 8.72. The van der Waals surface area contributed by atoms with E-state index < -0.39 is 0 Å². The molecule has 3 nitrogen and oxygen atoms in total. The van der Waals surface area contributed by atoms with Crippen molar-refractivity contribution in [3.8, 4) is 0 Å². The highest BCUT2D eigenvalue weighted by Crippen LogP contribution is 2.35. The first-order chi connectivity index (χ1) is 5.74. The predicted octanol–water partition coefficient (Wildman–Crippen LogP) is 1.03. The Morgan fingerprint density at radius 1 is 1.75 bits per heavy atom. The molecule has 2 rings (SSSR count). The molecule has 64 valence electrons. The first-order valence-electron chi connectivity index (χ1n) is 4.04. The predicted molar refractivity (Wildman–Crippen MR) is 44.1 cm³/mol. The van der Waals surface area contributed by atoms with E-state index in [-0.39, 0.29) is 18.2 Å². The molecular formula is C9H11NO2. The van der Waals surface area contributed by atoms with Crippen molar-refractivity contribution in [2.24, 2.45) is 0 Å². The van der Waals surface area contributed by atoms with E-state index in [1.165, 1.54) is 0 Å². The molecule has 2 aliphatic heterocycles. The van der Waals surface area contributed by atoms with Gasteiger partial charge in [0.1, 0.15) is 5.76 Å². The molecule has 0 unspecified atom stereocenters. The van der Waals surface area contributed by atoms with Crippen molar-refractivity contribution < 1.29 is 9.53 Å². The topological polar surface area (TPSA) is 29.5 Å². The van der Waals surface area contributed by atoms with Crippen LogP contribution in [0.25, 0.3) is 0 Å². The number of hydrogen-bond donors (Lipinski definition) is 0. The Morgan fingerprint density at radius 3 is 3.00 bits per heavy atom. The summed E-state index contributed by atoms with van der Waals surface area (Å²) in [4.78, 5) is 12.8. The number of amides is 1. The number of fused-ring (bicyclic) bond motifs is 1. The van der Waals surface area contributed by atoms with Crippen LogP contribution in [0.4, 0.5) is 0 Å². The molecule has 3 heteroatoms. The summed E-state index contributed by atoms with van der Waals surface area (Å²) in [6.07, 6.45) is 4.02. The second-order valence-corrected chi connectivity index (χ2v) is 3.06. The second-order valence-electron chi connectivity index (χ2n) is 3.06. The largest absolute Gasteiger partial charge is 0.472 e. The molecule has 0 aromatic carbocycles. The number of rotatable bonds is 1. The van der Waals surface area contributed by atoms with Crippen LogP contribution in [0.15, 0.2) is 24.5 Å². The molecule has 0 radical (unpaired) electrons. The molecule has 12 heavy (non-hydrogen) atoms. The summed E-state index contributed by atoms with van der Waals surface area (Å²) >= 11 is 0. The lowest BCUT2D eigenvalue weighted by Gasteiger charge is -2.33. The Bertz CT molecular complexity index is 270. The summed E-state index contributed by atoms with van der Waals surface area (Å²) in [6, 6.07) is 0.0919. The molecule has 0 spiro atoms. The highest BCUT2D eigenvalue weighted by molar-refractivity contribution is 5.83. The van der Waals surface area contributed by atoms with Gasteiger partial charge in [0.05, 0.1) is 12.5 Å². The third-order valence-electron chi connectivity index (χ3n) is 2.33. The molecule has 0 aromatic heterocycles. The maximum atomic E-state index is 11.1. The van der Waals surface area contributed by atoms with Crippen molar-refractivity contribution in [2.45, 2.75) is 25.6 Å². The first-order valence-corrected chi connectivity index (χ1v) is 4.04. The lowest BCUT2D eigenvalue weighted by Crippen LogP contribution is -2.51. The van der Waals surface area contributed by atoms with Gasteiger partial charge in [-0.15, -0.1) is 0 Å². The zero-order valence-corrected chi connectivity index (χ0v) is 6.99. The van der Waals surface area contributed by atoms with Crippen LogP contribution in [0, 0.1) is 0 Å². The quantitative estimate of drug-likeness (QED) is 0.543. The summed E-state index contributed by atoms with van der Waals surface area (Å²) in [5.74, 6) is 1.03. The first kappa shape index (κ1) is 7.40. The third kappa shape index (κ3) is 0.793. The van der Waals surface area contributed by atoms with Crippen molar-refractivity contribution >= 4 is 5.91 Å². The molecule has 0 N–H and O–H groups in total. The minimum absolute atomic E-state index is 0.00120. The van der Waals surface area contributed by atoms with Crippen molar-refractivity contribution in [1.82, 2.24) is 4.90 Å². The summed E-state index contributed by atoms with van der Waals surface area (Å²) in [6.45, 7) is 5.55. The number of nitrogens with zero attached hydrogens (tertiary/aromatic N) is 1. The second kappa shape index (κ2) is 2.37. The Morgan fingerprint density at radius 2 is 2.50 bits per heavy atom. The average molecular weight is 165 g/mol. The Labute approximate surface area is 71.3 Å². The molecule has 1 amide bonds. The molecule has 2 saturated heterocycles. The number of β-lactam (4-membered cyclic amide) rings is 1. The molecule has 2 aliphatic rings. The zero-order valence-electron chi connectivity index (χ0n) is 6.99. The lowest BCUT2D eigenvalue weighted by molar-refractivity contribution is -0.156. The van der Waals surface area contributed by atoms with Crippen molar-refractivity contribution in [3.63, 3.8) is 0 Å². The maximum absolute atomic E-state index is 11.1. The Balaban J connectivity index is 2.20. The monoisotopic (exact) mass is 165 g/mol. The average Bonchev–Trinajstić information content (AvgIpc) is 2.24. The van der Waals surface area contributed by atoms with E-state index in [1.54, 1.807) is 11.0 Å². The summed E-state index contributed by atoms with van der Waals surface area (Å²) in [5.41, 5.74) is 0. The minimum atomic E-state index is -0.00120. The highest BCUT2D eigenvalue weighted by Gasteiger charge is 2.48. The van der Waals surface area contributed by atoms with Crippen molar-refractivity contribution in [2.75, 3.05) is 0 Å². The number of hydrogen-bond acceptors (Lipinski definition) is 2. The molecule has 0 aromatic rings. The van der Waals surface area contributed by atoms with Gasteiger partial charge >= 0.3 is 0 Å². The standard InChI is InChI=1S/C9H11NO2/c1-3-4-7-6(2)10-8(11)5-9(10)12-7/h3-4,6,9H,1,5H2,2H3/t6-,9+/m1/s1. The lowest BCUT2D eigenvalue weighted by atomic mass is 10.1. The number of allylic oxidation sites excluding steroid dienone is 2. The summed E-state index contributed by atoms with van der Waals surface area (Å²) in [7, 11) is 0. The molecule has 2 heterocycles. The fourth-order valence-electron chi connectivity index (χ4n) is 1.65. The van der Waals surface area contributed by atoms with Crippen LogP contribution in [0.2, 0.25) is 0 Å². The molecular weight excluding hydrogens is 154 g/mol. The Kier molecular flexibility index (Phi) is 1.46. The van der Waals surface area contributed by atoms with E-state index in [9.17, 15) is 4.79 Å². The normalized spacial score (nSPS) is 35.9. The maximum Gasteiger partial charge on any atom is 0.231 e. The molecule has 2 atom stereocenters. The van der Waals surface area contributed by atoms with Gasteiger partial charge < -0.3 is 4.74 Å². The van der Waals surface area contributed by atoms with Crippen LogP contribution in [0.3, 0.4) is 0 Å². The molecule has 0 saturated carbocycles. The van der Waals surface area contributed by atoms with E-state index >= 15 is 0 Å². The number of carbonyl (C=O) groups excluding carboxylic acids is 1. The van der Waals surface area contributed by atoms with Crippen LogP contribution in [-0.4, -0.2) is 23.1 Å². The van der Waals surface area contributed by atoms with Crippen molar-refractivity contribution in [1.29, 1.82) is 0 Å². The smallest absolute Gasteiger partial charge is 0.231 e. The van der Waals surface area contributed by atoms with Crippen LogP contribution >= 0.6 is 0 Å². The van der Waals surface area contributed by atoms with Gasteiger partial charge in [0.15, 0.2) is 6.23 Å². The molecule has 2 fully saturated rings. The molecule has 0 bridgehead atoms. The van der Waals surface area contributed by atoms with Gasteiger partial charge in [0.2, 0.25) is 5.91 Å². The van der Waals surface area contributed by atoms with Crippen LogP contribution < -0.4 is 0 Å².